The molecule has 0 aromatic heterocycles. The Bertz CT molecular complexity index is 301. The van der Waals surface area contributed by atoms with Crippen LogP contribution >= 0.6 is 11.6 Å². The predicted octanol–water partition coefficient (Wildman–Crippen LogP) is -0.319. The van der Waals surface area contributed by atoms with Gasteiger partial charge in [0.25, 0.3) is 0 Å². The summed E-state index contributed by atoms with van der Waals surface area (Å²) in [5, 5.41) is 19.7. The number of hydrogen-bond acceptors (Lipinski definition) is 5. The maximum atomic E-state index is 10.4. The molecule has 0 bridgehead atoms. The Kier molecular flexibility index (Phi) is 2.48. The minimum absolute atomic E-state index is 0.112. The highest BCUT2D eigenvalue weighted by atomic mass is 35.5. The summed E-state index contributed by atoms with van der Waals surface area (Å²) in [6, 6.07) is 0. The lowest BCUT2D eigenvalue weighted by Gasteiger charge is -2.36. The Morgan fingerprint density at radius 1 is 1.50 bits per heavy atom. The van der Waals surface area contributed by atoms with Gasteiger partial charge in [0.15, 0.2) is 12.6 Å². The minimum Gasteiger partial charge on any atom is -0.391 e. The Balaban J connectivity index is 1.93. The maximum absolute atomic E-state index is 10.4. The summed E-state index contributed by atoms with van der Waals surface area (Å²) in [5.41, 5.74) is -1.17. The SMILES string of the molecule is CO[C@@H]1C[C@H]2[C@H](O)[C@H](Cl)[C@@]3(O)CO[C@@H](O1)[C@@H]23. The average Bonchev–Trinajstić information content (AvgIpc) is 2.73. The lowest BCUT2D eigenvalue weighted by atomic mass is 9.84. The Morgan fingerprint density at radius 3 is 2.94 bits per heavy atom. The highest BCUT2D eigenvalue weighted by Crippen LogP contribution is 2.54. The van der Waals surface area contributed by atoms with Crippen molar-refractivity contribution in [1.29, 1.82) is 0 Å². The summed E-state index contributed by atoms with van der Waals surface area (Å²) in [6.45, 7) is 0.112. The molecule has 2 saturated heterocycles. The molecule has 2 aliphatic heterocycles. The van der Waals surface area contributed by atoms with Gasteiger partial charge in [-0.2, -0.15) is 0 Å². The molecule has 2 N–H and O–H groups in total. The molecule has 3 fully saturated rings. The van der Waals surface area contributed by atoms with Gasteiger partial charge < -0.3 is 24.4 Å². The van der Waals surface area contributed by atoms with Crippen molar-refractivity contribution in [2.24, 2.45) is 11.8 Å². The number of halogens is 1. The number of methoxy groups -OCH3 is 1. The van der Waals surface area contributed by atoms with E-state index >= 15 is 0 Å². The van der Waals surface area contributed by atoms with Crippen LogP contribution in [0.15, 0.2) is 0 Å². The number of ether oxygens (including phenoxy) is 3. The fourth-order valence-corrected chi connectivity index (χ4v) is 3.60. The van der Waals surface area contributed by atoms with E-state index in [4.69, 9.17) is 25.8 Å². The third kappa shape index (κ3) is 1.24. The highest BCUT2D eigenvalue weighted by molar-refractivity contribution is 6.22. The van der Waals surface area contributed by atoms with Crippen molar-refractivity contribution < 1.29 is 24.4 Å². The van der Waals surface area contributed by atoms with Crippen molar-refractivity contribution in [2.45, 2.75) is 36.1 Å². The van der Waals surface area contributed by atoms with E-state index in [-0.39, 0.29) is 18.4 Å². The molecule has 0 unspecified atom stereocenters. The Hall–Kier alpha value is 0.0900. The summed E-state index contributed by atoms with van der Waals surface area (Å²) >= 11 is 6.09. The minimum atomic E-state index is -1.17. The van der Waals surface area contributed by atoms with Gasteiger partial charge in [-0.05, 0) is 0 Å². The lowest BCUT2D eigenvalue weighted by Crippen LogP contribution is -2.46. The van der Waals surface area contributed by atoms with Crippen LogP contribution in [0.5, 0.6) is 0 Å². The molecule has 0 spiro atoms. The first-order chi connectivity index (χ1) is 7.58. The largest absolute Gasteiger partial charge is 0.391 e. The molecule has 0 aromatic rings. The van der Waals surface area contributed by atoms with E-state index in [1.54, 1.807) is 7.11 Å². The van der Waals surface area contributed by atoms with Crippen LogP contribution in [0.2, 0.25) is 0 Å². The summed E-state index contributed by atoms with van der Waals surface area (Å²) in [4.78, 5) is 0. The Morgan fingerprint density at radius 2 is 2.25 bits per heavy atom. The molecule has 1 saturated carbocycles. The average molecular weight is 251 g/mol. The van der Waals surface area contributed by atoms with Gasteiger partial charge in [0.2, 0.25) is 0 Å². The van der Waals surface area contributed by atoms with Gasteiger partial charge in [0, 0.05) is 25.4 Å². The number of alkyl halides is 1. The molecule has 0 amide bonds. The first kappa shape index (κ1) is 11.2. The summed E-state index contributed by atoms with van der Waals surface area (Å²) < 4.78 is 16.1. The third-order valence-corrected chi connectivity index (χ3v) is 4.68. The quantitative estimate of drug-likeness (QED) is 0.625. The lowest BCUT2D eigenvalue weighted by molar-refractivity contribution is -0.274. The van der Waals surface area contributed by atoms with E-state index in [0.717, 1.165) is 0 Å². The second kappa shape index (κ2) is 3.54. The summed E-state index contributed by atoms with van der Waals surface area (Å²) in [6.07, 6.45) is -1.12. The van der Waals surface area contributed by atoms with E-state index in [1.165, 1.54) is 0 Å². The first-order valence-electron chi connectivity index (χ1n) is 5.42. The van der Waals surface area contributed by atoms with Gasteiger partial charge in [0.1, 0.15) is 5.60 Å². The van der Waals surface area contributed by atoms with E-state index < -0.39 is 29.7 Å². The van der Waals surface area contributed by atoms with Gasteiger partial charge in [0.05, 0.1) is 18.1 Å². The van der Waals surface area contributed by atoms with Crippen LogP contribution in [0.25, 0.3) is 0 Å². The monoisotopic (exact) mass is 250 g/mol. The van der Waals surface area contributed by atoms with Crippen LogP contribution in [0.4, 0.5) is 0 Å². The second-order valence-electron chi connectivity index (χ2n) is 4.79. The van der Waals surface area contributed by atoms with Crippen molar-refractivity contribution in [2.75, 3.05) is 13.7 Å². The van der Waals surface area contributed by atoms with Gasteiger partial charge in [-0.3, -0.25) is 0 Å². The van der Waals surface area contributed by atoms with Crippen molar-refractivity contribution in [1.82, 2.24) is 0 Å². The number of hydrogen-bond donors (Lipinski definition) is 2. The third-order valence-electron chi connectivity index (χ3n) is 4.04. The van der Waals surface area contributed by atoms with Crippen molar-refractivity contribution in [3.05, 3.63) is 0 Å². The molecule has 3 aliphatic rings. The molecule has 6 heteroatoms. The molecule has 2 heterocycles. The van der Waals surface area contributed by atoms with E-state index in [2.05, 4.69) is 0 Å². The van der Waals surface area contributed by atoms with Crippen LogP contribution < -0.4 is 0 Å². The summed E-state index contributed by atoms with van der Waals surface area (Å²) in [5.74, 6) is -0.380. The molecule has 0 radical (unpaired) electrons. The van der Waals surface area contributed by atoms with Crippen LogP contribution in [0.1, 0.15) is 6.42 Å². The second-order valence-corrected chi connectivity index (χ2v) is 5.26. The Labute approximate surface area is 98.2 Å². The normalized spacial score (nSPS) is 60.0. The van der Waals surface area contributed by atoms with Gasteiger partial charge in [-0.1, -0.05) is 0 Å². The number of rotatable bonds is 1. The molecule has 5 nitrogen and oxygen atoms in total. The zero-order valence-corrected chi connectivity index (χ0v) is 9.63. The molecule has 1 aliphatic carbocycles. The van der Waals surface area contributed by atoms with Crippen molar-refractivity contribution >= 4 is 11.6 Å². The van der Waals surface area contributed by atoms with Crippen molar-refractivity contribution in [3.63, 3.8) is 0 Å². The predicted molar refractivity (Wildman–Crippen MR) is 53.8 cm³/mol. The fraction of sp³-hybridized carbons (Fsp3) is 1.00. The zero-order valence-electron chi connectivity index (χ0n) is 8.88. The van der Waals surface area contributed by atoms with Gasteiger partial charge >= 0.3 is 0 Å². The van der Waals surface area contributed by atoms with E-state index in [0.29, 0.717) is 6.42 Å². The molecule has 16 heavy (non-hydrogen) atoms. The topological polar surface area (TPSA) is 68.2 Å². The summed E-state index contributed by atoms with van der Waals surface area (Å²) in [7, 11) is 1.55. The molecule has 92 valence electrons. The van der Waals surface area contributed by atoms with Gasteiger partial charge in [-0.15, -0.1) is 11.6 Å². The molecular weight excluding hydrogens is 236 g/mol. The fourth-order valence-electron chi connectivity index (χ4n) is 3.20. The maximum Gasteiger partial charge on any atom is 0.166 e. The standard InChI is InChI=1S/C10H15ClO5/c1-14-5-2-4-6-9(16-5)15-3-10(6,13)8(11)7(4)12/h4-9,12-13H,2-3H2,1H3/t4-,5+,6-,7+,8+,9+,10-/m1/s1. The molecule has 3 rings (SSSR count). The van der Waals surface area contributed by atoms with Crippen molar-refractivity contribution in [3.8, 4) is 0 Å². The smallest absolute Gasteiger partial charge is 0.166 e. The van der Waals surface area contributed by atoms with Gasteiger partial charge in [-0.25, -0.2) is 0 Å². The first-order valence-corrected chi connectivity index (χ1v) is 5.86. The molecule has 0 aromatic carbocycles. The van der Waals surface area contributed by atoms with Crippen LogP contribution in [-0.4, -0.2) is 53.6 Å². The molecule has 7 atom stereocenters. The number of aliphatic hydroxyl groups excluding tert-OH is 1. The number of aliphatic hydroxyl groups is 2. The van der Waals surface area contributed by atoms with E-state index in [1.807, 2.05) is 0 Å². The van der Waals surface area contributed by atoms with Crippen LogP contribution in [0.3, 0.4) is 0 Å². The van der Waals surface area contributed by atoms with Crippen LogP contribution in [0, 0.1) is 11.8 Å². The molecular formula is C10H15ClO5. The van der Waals surface area contributed by atoms with Crippen LogP contribution in [-0.2, 0) is 14.2 Å². The van der Waals surface area contributed by atoms with E-state index in [9.17, 15) is 10.2 Å². The highest BCUT2D eigenvalue weighted by Gasteiger charge is 2.67. The zero-order chi connectivity index (χ0) is 11.5.